The maximum atomic E-state index is 12.7. The van der Waals surface area contributed by atoms with E-state index in [0.29, 0.717) is 29.1 Å². The molecule has 1 aliphatic rings. The van der Waals surface area contributed by atoms with Gasteiger partial charge < -0.3 is 5.11 Å². The second-order valence-corrected chi connectivity index (χ2v) is 5.77. The van der Waals surface area contributed by atoms with Gasteiger partial charge in [-0.15, -0.1) is 11.3 Å². The van der Waals surface area contributed by atoms with Gasteiger partial charge in [0.25, 0.3) is 6.43 Å². The van der Waals surface area contributed by atoms with Crippen molar-refractivity contribution < 1.29 is 18.7 Å². The van der Waals surface area contributed by atoms with E-state index in [4.69, 9.17) is 5.11 Å². The summed E-state index contributed by atoms with van der Waals surface area (Å²) in [4.78, 5) is 16.4. The zero-order valence-electron chi connectivity index (χ0n) is 10.3. The fourth-order valence-corrected chi connectivity index (χ4v) is 3.53. The molecule has 0 spiro atoms. The number of alkyl halides is 2. The van der Waals surface area contributed by atoms with Crippen LogP contribution in [0.2, 0.25) is 0 Å². The number of benzene rings is 1. The second-order valence-electron chi connectivity index (χ2n) is 4.68. The topological polar surface area (TPSA) is 50.2 Å². The minimum Gasteiger partial charge on any atom is -0.481 e. The van der Waals surface area contributed by atoms with Crippen molar-refractivity contribution in [2.45, 2.75) is 25.2 Å². The summed E-state index contributed by atoms with van der Waals surface area (Å²) in [6.07, 6.45) is -1.26. The van der Waals surface area contributed by atoms with Crippen LogP contribution < -0.4 is 0 Å². The molecule has 0 bridgehead atoms. The highest BCUT2D eigenvalue weighted by molar-refractivity contribution is 7.15. The Hall–Kier alpha value is -1.82. The first kappa shape index (κ1) is 13.2. The number of halogens is 2. The summed E-state index contributed by atoms with van der Waals surface area (Å²) in [6.45, 7) is 0. The number of aryl methyl sites for hydroxylation is 1. The number of hydrogen-bond acceptors (Lipinski definition) is 3. The van der Waals surface area contributed by atoms with E-state index < -0.39 is 18.3 Å². The summed E-state index contributed by atoms with van der Waals surface area (Å²) in [5.74, 6) is -1.43. The Bertz CT molecular complexity index is 669. The lowest BCUT2D eigenvalue weighted by Gasteiger charge is -2.03. The molecule has 1 aromatic heterocycles. The number of aliphatic carboxylic acids is 1. The Morgan fingerprint density at radius 1 is 1.45 bits per heavy atom. The third kappa shape index (κ3) is 2.20. The van der Waals surface area contributed by atoms with Crippen LogP contribution in [0.15, 0.2) is 24.3 Å². The van der Waals surface area contributed by atoms with Gasteiger partial charge in [-0.25, -0.2) is 13.8 Å². The largest absolute Gasteiger partial charge is 0.481 e. The van der Waals surface area contributed by atoms with Gasteiger partial charge in [-0.3, -0.25) is 4.79 Å². The van der Waals surface area contributed by atoms with Crippen LogP contribution in [-0.2, 0) is 11.2 Å². The SMILES string of the molecule is O=C(O)C1CCc2sc(-c3cccc(C(F)F)c3)nc21. The van der Waals surface area contributed by atoms with E-state index in [1.807, 2.05) is 0 Å². The molecule has 1 N–H and O–H groups in total. The van der Waals surface area contributed by atoms with Crippen molar-refractivity contribution in [1.82, 2.24) is 4.98 Å². The Labute approximate surface area is 117 Å². The molecule has 0 aliphatic heterocycles. The number of thiazole rings is 1. The molecule has 0 radical (unpaired) electrons. The van der Waals surface area contributed by atoms with Crippen molar-refractivity contribution in [3.8, 4) is 10.6 Å². The average molecular weight is 295 g/mol. The molecule has 1 unspecified atom stereocenters. The van der Waals surface area contributed by atoms with Crippen molar-refractivity contribution in [3.63, 3.8) is 0 Å². The molecule has 104 valence electrons. The summed E-state index contributed by atoms with van der Waals surface area (Å²) in [7, 11) is 0. The van der Waals surface area contributed by atoms with E-state index in [9.17, 15) is 13.6 Å². The molecular formula is C14H11F2NO2S. The first-order valence-corrected chi connectivity index (χ1v) is 6.99. The predicted molar refractivity (Wildman–Crippen MR) is 71.2 cm³/mol. The van der Waals surface area contributed by atoms with Crippen LogP contribution in [0, 0.1) is 0 Å². The predicted octanol–water partition coefficient (Wildman–Crippen LogP) is 3.86. The maximum absolute atomic E-state index is 12.7. The molecule has 1 aliphatic carbocycles. The van der Waals surface area contributed by atoms with E-state index >= 15 is 0 Å². The van der Waals surface area contributed by atoms with E-state index in [0.717, 1.165) is 4.88 Å². The number of carboxylic acids is 1. The van der Waals surface area contributed by atoms with Crippen molar-refractivity contribution in [3.05, 3.63) is 40.4 Å². The van der Waals surface area contributed by atoms with Gasteiger partial charge in [0.2, 0.25) is 0 Å². The molecule has 0 saturated carbocycles. The lowest BCUT2D eigenvalue weighted by atomic mass is 10.1. The van der Waals surface area contributed by atoms with Crippen LogP contribution in [-0.4, -0.2) is 16.1 Å². The molecule has 3 nitrogen and oxygen atoms in total. The highest BCUT2D eigenvalue weighted by atomic mass is 32.1. The van der Waals surface area contributed by atoms with Gasteiger partial charge in [0.15, 0.2) is 0 Å². The fraction of sp³-hybridized carbons (Fsp3) is 0.286. The first-order chi connectivity index (χ1) is 9.56. The minimum atomic E-state index is -2.52. The fourth-order valence-electron chi connectivity index (χ4n) is 2.40. The Morgan fingerprint density at radius 2 is 2.25 bits per heavy atom. The third-order valence-electron chi connectivity index (χ3n) is 3.40. The smallest absolute Gasteiger partial charge is 0.312 e. The quantitative estimate of drug-likeness (QED) is 0.935. The summed E-state index contributed by atoms with van der Waals surface area (Å²) in [5, 5.41) is 9.74. The van der Waals surface area contributed by atoms with Gasteiger partial charge >= 0.3 is 5.97 Å². The monoisotopic (exact) mass is 295 g/mol. The number of rotatable bonds is 3. The van der Waals surface area contributed by atoms with Gasteiger partial charge in [-0.2, -0.15) is 0 Å². The number of hydrogen-bond donors (Lipinski definition) is 1. The maximum Gasteiger partial charge on any atom is 0.312 e. The zero-order chi connectivity index (χ0) is 14.3. The molecule has 20 heavy (non-hydrogen) atoms. The van der Waals surface area contributed by atoms with E-state index in [-0.39, 0.29) is 5.56 Å². The highest BCUT2D eigenvalue weighted by Gasteiger charge is 2.32. The van der Waals surface area contributed by atoms with Crippen LogP contribution in [0.3, 0.4) is 0 Å². The van der Waals surface area contributed by atoms with Crippen LogP contribution in [0.25, 0.3) is 10.6 Å². The van der Waals surface area contributed by atoms with E-state index in [1.165, 1.54) is 23.5 Å². The minimum absolute atomic E-state index is 0.0485. The molecule has 6 heteroatoms. The Morgan fingerprint density at radius 3 is 2.95 bits per heavy atom. The third-order valence-corrected chi connectivity index (χ3v) is 4.58. The van der Waals surface area contributed by atoms with Crippen LogP contribution in [0.5, 0.6) is 0 Å². The summed E-state index contributed by atoms with van der Waals surface area (Å²) in [5.41, 5.74) is 1.17. The van der Waals surface area contributed by atoms with Gasteiger partial charge in [0, 0.05) is 16.0 Å². The summed E-state index contributed by atoms with van der Waals surface area (Å²) < 4.78 is 25.4. The van der Waals surface area contributed by atoms with Crippen LogP contribution in [0.1, 0.15) is 34.9 Å². The molecule has 2 aromatic rings. The number of carbonyl (C=O) groups is 1. The van der Waals surface area contributed by atoms with Crippen molar-refractivity contribution in [2.24, 2.45) is 0 Å². The lowest BCUT2D eigenvalue weighted by Crippen LogP contribution is -2.08. The van der Waals surface area contributed by atoms with Crippen LogP contribution >= 0.6 is 11.3 Å². The van der Waals surface area contributed by atoms with Gasteiger partial charge in [0.05, 0.1) is 5.69 Å². The number of nitrogens with zero attached hydrogens (tertiary/aromatic N) is 1. The molecule has 1 aromatic carbocycles. The number of carboxylic acid groups (broad SMARTS) is 1. The normalized spacial score (nSPS) is 17.4. The van der Waals surface area contributed by atoms with Gasteiger partial charge in [-0.1, -0.05) is 18.2 Å². The van der Waals surface area contributed by atoms with E-state index in [2.05, 4.69) is 4.98 Å². The lowest BCUT2D eigenvalue weighted by molar-refractivity contribution is -0.138. The summed E-state index contributed by atoms with van der Waals surface area (Å²) >= 11 is 1.40. The Balaban J connectivity index is 1.99. The summed E-state index contributed by atoms with van der Waals surface area (Å²) in [6, 6.07) is 6.07. The molecule has 0 amide bonds. The standard InChI is InChI=1S/C14H11F2NO2S/c15-12(16)7-2-1-3-8(6-7)13-17-11-9(14(18)19)4-5-10(11)20-13/h1-3,6,9,12H,4-5H2,(H,18,19). The van der Waals surface area contributed by atoms with Gasteiger partial charge in [-0.05, 0) is 18.9 Å². The zero-order valence-corrected chi connectivity index (χ0v) is 11.2. The first-order valence-electron chi connectivity index (χ1n) is 6.17. The molecule has 1 heterocycles. The molecule has 1 atom stereocenters. The van der Waals surface area contributed by atoms with Crippen LogP contribution in [0.4, 0.5) is 8.78 Å². The molecule has 0 saturated heterocycles. The molecule has 0 fully saturated rings. The van der Waals surface area contributed by atoms with Crippen molar-refractivity contribution in [2.75, 3.05) is 0 Å². The van der Waals surface area contributed by atoms with Gasteiger partial charge in [0.1, 0.15) is 10.9 Å². The second kappa shape index (κ2) is 4.94. The van der Waals surface area contributed by atoms with Crippen molar-refractivity contribution in [1.29, 1.82) is 0 Å². The Kier molecular flexibility index (Phi) is 3.25. The number of aromatic nitrogens is 1. The average Bonchev–Trinajstić information content (AvgIpc) is 2.97. The molecular weight excluding hydrogens is 284 g/mol. The molecule has 3 rings (SSSR count). The number of fused-ring (bicyclic) bond motifs is 1. The highest BCUT2D eigenvalue weighted by Crippen LogP contribution is 2.40. The van der Waals surface area contributed by atoms with Crippen molar-refractivity contribution >= 4 is 17.3 Å². The van der Waals surface area contributed by atoms with E-state index in [1.54, 1.807) is 12.1 Å².